The molecule has 0 saturated carbocycles. The minimum absolute atomic E-state index is 0.428. The average Bonchev–Trinajstić information content (AvgIpc) is 3.05. The lowest BCUT2D eigenvalue weighted by Crippen LogP contribution is -2.41. The van der Waals surface area contributed by atoms with Gasteiger partial charge in [-0.3, -0.25) is 4.57 Å². The maximum absolute atomic E-state index is 6.12. The third-order valence-electron chi connectivity index (χ3n) is 4.26. The summed E-state index contributed by atoms with van der Waals surface area (Å²) >= 11 is 0. The van der Waals surface area contributed by atoms with E-state index in [9.17, 15) is 0 Å². The highest BCUT2D eigenvalue weighted by atomic mass is 16.7. The summed E-state index contributed by atoms with van der Waals surface area (Å²) in [7, 11) is 0.952. The molecule has 0 unspecified atom stereocenters. The number of nitrogens with zero attached hydrogens (tertiary/aromatic N) is 4. The highest BCUT2D eigenvalue weighted by Crippen LogP contribution is 2.37. The maximum Gasteiger partial charge on any atom is 0.504 e. The fraction of sp³-hybridized carbons (Fsp3) is 0.500. The standard InChI is InChI=1S/C14H19BN4O3/c1-13(2)14(3,4)22-15(21-13)10-11(19-7-6-16-9-19)17-8-18-12(10)20-5/h6-9H,1-5H3. The quantitative estimate of drug-likeness (QED) is 0.787. The van der Waals surface area contributed by atoms with Gasteiger partial charge >= 0.3 is 7.12 Å². The van der Waals surface area contributed by atoms with Crippen LogP contribution in [-0.2, 0) is 9.31 Å². The molecule has 3 rings (SSSR count). The molecular formula is C14H19BN4O3. The van der Waals surface area contributed by atoms with Crippen LogP contribution in [0.5, 0.6) is 5.88 Å². The van der Waals surface area contributed by atoms with Crippen LogP contribution in [0.4, 0.5) is 0 Å². The van der Waals surface area contributed by atoms with Gasteiger partial charge in [-0.15, -0.1) is 0 Å². The van der Waals surface area contributed by atoms with E-state index >= 15 is 0 Å². The van der Waals surface area contributed by atoms with Crippen molar-refractivity contribution in [2.24, 2.45) is 0 Å². The number of ether oxygens (including phenoxy) is 1. The zero-order valence-corrected chi connectivity index (χ0v) is 13.4. The molecule has 0 N–H and O–H groups in total. The van der Waals surface area contributed by atoms with Crippen molar-refractivity contribution in [2.75, 3.05) is 7.11 Å². The molecule has 7 nitrogen and oxygen atoms in total. The number of imidazole rings is 1. The Hall–Kier alpha value is -1.93. The van der Waals surface area contributed by atoms with Crippen LogP contribution < -0.4 is 10.2 Å². The molecule has 0 atom stereocenters. The first-order valence-electron chi connectivity index (χ1n) is 7.08. The highest BCUT2D eigenvalue weighted by Gasteiger charge is 2.53. The van der Waals surface area contributed by atoms with E-state index < -0.39 is 18.3 Å². The van der Waals surface area contributed by atoms with E-state index in [0.29, 0.717) is 17.2 Å². The van der Waals surface area contributed by atoms with E-state index in [0.717, 1.165) is 0 Å². The predicted molar refractivity (Wildman–Crippen MR) is 81.4 cm³/mol. The van der Waals surface area contributed by atoms with Crippen molar-refractivity contribution in [1.29, 1.82) is 0 Å². The summed E-state index contributed by atoms with van der Waals surface area (Å²) in [6, 6.07) is 0. The molecule has 2 aromatic heterocycles. The molecule has 2 aromatic rings. The summed E-state index contributed by atoms with van der Waals surface area (Å²) in [4.78, 5) is 12.6. The third kappa shape index (κ3) is 2.28. The largest absolute Gasteiger partial charge is 0.504 e. The molecule has 1 saturated heterocycles. The zero-order chi connectivity index (χ0) is 16.0. The van der Waals surface area contributed by atoms with Crippen LogP contribution in [0.1, 0.15) is 27.7 Å². The van der Waals surface area contributed by atoms with Crippen molar-refractivity contribution < 1.29 is 14.0 Å². The lowest BCUT2D eigenvalue weighted by Gasteiger charge is -2.32. The molecule has 8 heteroatoms. The van der Waals surface area contributed by atoms with E-state index in [-0.39, 0.29) is 0 Å². The minimum Gasteiger partial charge on any atom is -0.481 e. The van der Waals surface area contributed by atoms with Crippen LogP contribution in [0, 0.1) is 0 Å². The second kappa shape index (κ2) is 5.07. The van der Waals surface area contributed by atoms with Gasteiger partial charge in [-0.1, -0.05) is 0 Å². The Labute approximate surface area is 129 Å². The van der Waals surface area contributed by atoms with Crippen molar-refractivity contribution in [2.45, 2.75) is 38.9 Å². The molecular weight excluding hydrogens is 283 g/mol. The smallest absolute Gasteiger partial charge is 0.481 e. The maximum atomic E-state index is 6.12. The molecule has 116 valence electrons. The number of rotatable bonds is 3. The summed E-state index contributed by atoms with van der Waals surface area (Å²) in [6.07, 6.45) is 6.60. The summed E-state index contributed by atoms with van der Waals surface area (Å²) in [5.41, 5.74) is -0.253. The Kier molecular flexibility index (Phi) is 3.45. The lowest BCUT2D eigenvalue weighted by molar-refractivity contribution is 0.00578. The summed E-state index contributed by atoms with van der Waals surface area (Å²) < 4.78 is 19.4. The summed E-state index contributed by atoms with van der Waals surface area (Å²) in [5, 5.41) is 0. The van der Waals surface area contributed by atoms with Gasteiger partial charge in [0.15, 0.2) is 0 Å². The first kappa shape index (κ1) is 15.0. The first-order chi connectivity index (χ1) is 10.4. The van der Waals surface area contributed by atoms with Crippen molar-refractivity contribution >= 4 is 12.6 Å². The van der Waals surface area contributed by atoms with Gasteiger partial charge < -0.3 is 14.0 Å². The van der Waals surface area contributed by atoms with Gasteiger partial charge in [0, 0.05) is 12.4 Å². The Balaban J connectivity index is 2.11. The Bertz CT molecular complexity index is 657. The van der Waals surface area contributed by atoms with Gasteiger partial charge in [0.25, 0.3) is 0 Å². The topological polar surface area (TPSA) is 71.3 Å². The Morgan fingerprint density at radius 1 is 1.14 bits per heavy atom. The van der Waals surface area contributed by atoms with Gasteiger partial charge in [0.1, 0.15) is 18.5 Å². The van der Waals surface area contributed by atoms with Crippen LogP contribution in [-0.4, -0.2) is 44.9 Å². The highest BCUT2D eigenvalue weighted by molar-refractivity contribution is 6.64. The van der Waals surface area contributed by atoms with Crippen LogP contribution in [0.15, 0.2) is 25.0 Å². The normalized spacial score (nSPS) is 19.4. The fourth-order valence-electron chi connectivity index (χ4n) is 2.29. The molecule has 0 bridgehead atoms. The Morgan fingerprint density at radius 2 is 1.82 bits per heavy atom. The molecule has 3 heterocycles. The fourth-order valence-corrected chi connectivity index (χ4v) is 2.29. The molecule has 1 aliphatic heterocycles. The second-order valence-electron chi connectivity index (χ2n) is 6.18. The second-order valence-corrected chi connectivity index (χ2v) is 6.18. The van der Waals surface area contributed by atoms with Crippen LogP contribution >= 0.6 is 0 Å². The molecule has 1 fully saturated rings. The zero-order valence-electron chi connectivity index (χ0n) is 13.4. The van der Waals surface area contributed by atoms with E-state index in [1.807, 2.05) is 27.7 Å². The third-order valence-corrected chi connectivity index (χ3v) is 4.26. The lowest BCUT2D eigenvalue weighted by atomic mass is 9.79. The molecule has 22 heavy (non-hydrogen) atoms. The SMILES string of the molecule is COc1ncnc(-n2ccnc2)c1B1OC(C)(C)C(C)(C)O1. The van der Waals surface area contributed by atoms with E-state index in [1.54, 1.807) is 30.4 Å². The molecule has 0 aliphatic carbocycles. The van der Waals surface area contributed by atoms with Crippen LogP contribution in [0.25, 0.3) is 5.82 Å². The van der Waals surface area contributed by atoms with Gasteiger partial charge in [-0.2, -0.15) is 0 Å². The van der Waals surface area contributed by atoms with Crippen molar-refractivity contribution in [3.8, 4) is 11.7 Å². The molecule has 1 aliphatic rings. The predicted octanol–water partition coefficient (Wildman–Crippen LogP) is 0.970. The number of aromatic nitrogens is 4. The summed E-state index contributed by atoms with van der Waals surface area (Å²) in [5.74, 6) is 1.06. The minimum atomic E-state index is -0.612. The monoisotopic (exact) mass is 302 g/mol. The van der Waals surface area contributed by atoms with Crippen molar-refractivity contribution in [3.05, 3.63) is 25.0 Å². The Morgan fingerprint density at radius 3 is 2.36 bits per heavy atom. The van der Waals surface area contributed by atoms with E-state index in [1.165, 1.54) is 6.33 Å². The number of hydrogen-bond acceptors (Lipinski definition) is 6. The number of methoxy groups -OCH3 is 1. The van der Waals surface area contributed by atoms with Gasteiger partial charge in [-0.25, -0.2) is 15.0 Å². The van der Waals surface area contributed by atoms with E-state index in [2.05, 4.69) is 15.0 Å². The van der Waals surface area contributed by atoms with E-state index in [4.69, 9.17) is 14.0 Å². The van der Waals surface area contributed by atoms with Crippen molar-refractivity contribution in [1.82, 2.24) is 19.5 Å². The van der Waals surface area contributed by atoms with Gasteiger partial charge in [0.2, 0.25) is 5.88 Å². The molecule has 0 aromatic carbocycles. The van der Waals surface area contributed by atoms with Crippen LogP contribution in [0.2, 0.25) is 0 Å². The van der Waals surface area contributed by atoms with Crippen LogP contribution in [0.3, 0.4) is 0 Å². The molecule has 0 spiro atoms. The van der Waals surface area contributed by atoms with Crippen molar-refractivity contribution in [3.63, 3.8) is 0 Å². The molecule has 0 radical (unpaired) electrons. The first-order valence-corrected chi connectivity index (χ1v) is 7.08. The summed E-state index contributed by atoms with van der Waals surface area (Å²) in [6.45, 7) is 8.00. The molecule has 0 amide bonds. The number of hydrogen-bond donors (Lipinski definition) is 0. The average molecular weight is 302 g/mol. The van der Waals surface area contributed by atoms with Gasteiger partial charge in [-0.05, 0) is 27.7 Å². The van der Waals surface area contributed by atoms with Gasteiger partial charge in [0.05, 0.1) is 23.8 Å².